The van der Waals surface area contributed by atoms with Crippen LogP contribution in [-0.2, 0) is 16.6 Å². The Bertz CT molecular complexity index is 498. The van der Waals surface area contributed by atoms with E-state index in [-0.39, 0.29) is 10.3 Å². The van der Waals surface area contributed by atoms with Crippen molar-refractivity contribution in [1.82, 2.24) is 4.72 Å². The summed E-state index contributed by atoms with van der Waals surface area (Å²) in [6.45, 7) is 0.340. The first-order valence-electron chi connectivity index (χ1n) is 6.02. The highest BCUT2D eigenvalue weighted by Crippen LogP contribution is 2.24. The third kappa shape index (κ3) is 3.10. The van der Waals surface area contributed by atoms with Crippen LogP contribution in [0.2, 0.25) is 0 Å². The minimum Gasteiger partial charge on any atom is -0.391 e. The number of thiophene rings is 1. The molecule has 0 radical (unpaired) electrons. The van der Waals surface area contributed by atoms with Crippen LogP contribution in [0.3, 0.4) is 0 Å². The molecule has 7 heteroatoms. The highest BCUT2D eigenvalue weighted by molar-refractivity contribution is 7.91. The van der Waals surface area contributed by atoms with Crippen LogP contribution in [0.25, 0.3) is 0 Å². The van der Waals surface area contributed by atoms with E-state index in [1.54, 1.807) is 12.1 Å². The smallest absolute Gasteiger partial charge is 0.250 e. The lowest BCUT2D eigenvalue weighted by molar-refractivity contribution is 0.101. The summed E-state index contributed by atoms with van der Waals surface area (Å²) < 4.78 is 27.1. The predicted octanol–water partition coefficient (Wildman–Crippen LogP) is 0.789. The van der Waals surface area contributed by atoms with E-state index in [0.29, 0.717) is 19.4 Å². The molecule has 1 fully saturated rings. The standard InChI is InChI=1S/C11H18N2O3S2/c12-7-8-5-6-11(17-8)18(15,16)13-9-3-1-2-4-10(9)14/h5-6,9-10,13-14H,1-4,7,12H2. The largest absolute Gasteiger partial charge is 0.391 e. The molecule has 1 aromatic heterocycles. The average molecular weight is 290 g/mol. The highest BCUT2D eigenvalue weighted by Gasteiger charge is 2.28. The van der Waals surface area contributed by atoms with Crippen LogP contribution in [0, 0.1) is 0 Å². The minimum atomic E-state index is -3.53. The molecule has 1 aliphatic carbocycles. The second kappa shape index (κ2) is 5.66. The number of rotatable bonds is 4. The lowest BCUT2D eigenvalue weighted by Crippen LogP contribution is -2.44. The number of nitrogens with one attached hydrogen (secondary N) is 1. The van der Waals surface area contributed by atoms with Crippen molar-refractivity contribution in [2.45, 2.75) is 48.6 Å². The van der Waals surface area contributed by atoms with Gasteiger partial charge in [0.1, 0.15) is 4.21 Å². The van der Waals surface area contributed by atoms with Gasteiger partial charge >= 0.3 is 0 Å². The Labute approximate surface area is 111 Å². The van der Waals surface area contributed by atoms with E-state index in [9.17, 15) is 13.5 Å². The molecule has 1 saturated carbocycles. The molecule has 102 valence electrons. The van der Waals surface area contributed by atoms with Crippen LogP contribution in [0.1, 0.15) is 30.6 Å². The van der Waals surface area contributed by atoms with Gasteiger partial charge in [-0.25, -0.2) is 13.1 Å². The summed E-state index contributed by atoms with van der Waals surface area (Å²) in [6, 6.07) is 2.91. The third-order valence-electron chi connectivity index (χ3n) is 3.14. The van der Waals surface area contributed by atoms with Crippen LogP contribution < -0.4 is 10.5 Å². The van der Waals surface area contributed by atoms with Gasteiger partial charge in [-0.05, 0) is 25.0 Å². The normalized spacial score (nSPS) is 25.2. The Balaban J connectivity index is 2.11. The van der Waals surface area contributed by atoms with E-state index in [1.807, 2.05) is 0 Å². The topological polar surface area (TPSA) is 92.4 Å². The highest BCUT2D eigenvalue weighted by atomic mass is 32.2. The first-order chi connectivity index (χ1) is 8.53. The number of aliphatic hydroxyl groups is 1. The lowest BCUT2D eigenvalue weighted by Gasteiger charge is -2.27. The maximum Gasteiger partial charge on any atom is 0.250 e. The van der Waals surface area contributed by atoms with Gasteiger partial charge in [-0.3, -0.25) is 0 Å². The summed E-state index contributed by atoms with van der Waals surface area (Å²) in [5, 5.41) is 9.79. The Morgan fingerprint density at radius 3 is 2.72 bits per heavy atom. The molecule has 0 bridgehead atoms. The maximum absolute atomic E-state index is 12.1. The minimum absolute atomic E-state index is 0.265. The van der Waals surface area contributed by atoms with E-state index in [1.165, 1.54) is 11.3 Å². The molecule has 5 nitrogen and oxygen atoms in total. The van der Waals surface area contributed by atoms with Crippen molar-refractivity contribution in [1.29, 1.82) is 0 Å². The summed E-state index contributed by atoms with van der Waals surface area (Å²) in [6.07, 6.45) is 2.67. The van der Waals surface area contributed by atoms with Crippen LogP contribution in [0.15, 0.2) is 16.3 Å². The molecule has 2 rings (SSSR count). The van der Waals surface area contributed by atoms with E-state index in [4.69, 9.17) is 5.73 Å². The average Bonchev–Trinajstić information content (AvgIpc) is 2.81. The molecular weight excluding hydrogens is 272 g/mol. The van der Waals surface area contributed by atoms with E-state index < -0.39 is 16.1 Å². The molecular formula is C11H18N2O3S2. The van der Waals surface area contributed by atoms with Gasteiger partial charge in [-0.1, -0.05) is 12.8 Å². The molecule has 0 aromatic carbocycles. The quantitative estimate of drug-likeness (QED) is 0.764. The lowest BCUT2D eigenvalue weighted by atomic mass is 9.93. The predicted molar refractivity (Wildman–Crippen MR) is 70.8 cm³/mol. The number of sulfonamides is 1. The zero-order valence-corrected chi connectivity index (χ0v) is 11.6. The van der Waals surface area contributed by atoms with E-state index in [0.717, 1.165) is 17.7 Å². The first-order valence-corrected chi connectivity index (χ1v) is 8.32. The summed E-state index contributed by atoms with van der Waals surface area (Å²) in [5.41, 5.74) is 5.47. The molecule has 18 heavy (non-hydrogen) atoms. The van der Waals surface area contributed by atoms with E-state index in [2.05, 4.69) is 4.72 Å². The van der Waals surface area contributed by atoms with Crippen molar-refractivity contribution in [3.63, 3.8) is 0 Å². The Kier molecular flexibility index (Phi) is 4.39. The second-order valence-corrected chi connectivity index (χ2v) is 7.61. The fraction of sp³-hybridized carbons (Fsp3) is 0.636. The second-order valence-electron chi connectivity index (χ2n) is 4.50. The summed E-state index contributed by atoms with van der Waals surface area (Å²) in [4.78, 5) is 0.833. The van der Waals surface area contributed by atoms with Gasteiger partial charge < -0.3 is 10.8 Å². The van der Waals surface area contributed by atoms with Gasteiger partial charge in [0.15, 0.2) is 0 Å². The monoisotopic (exact) mass is 290 g/mol. The molecule has 1 heterocycles. The van der Waals surface area contributed by atoms with Crippen LogP contribution in [-0.4, -0.2) is 25.7 Å². The van der Waals surface area contributed by atoms with Crippen LogP contribution in [0.4, 0.5) is 0 Å². The molecule has 2 atom stereocenters. The molecule has 0 amide bonds. The van der Waals surface area contributed by atoms with Gasteiger partial charge in [-0.2, -0.15) is 0 Å². The van der Waals surface area contributed by atoms with Gasteiger partial charge in [0.2, 0.25) is 10.0 Å². The first kappa shape index (κ1) is 14.0. The number of hydrogen-bond donors (Lipinski definition) is 3. The summed E-state index contributed by atoms with van der Waals surface area (Å²) in [7, 11) is -3.53. The molecule has 0 aliphatic heterocycles. The molecule has 1 aliphatic rings. The van der Waals surface area contributed by atoms with E-state index >= 15 is 0 Å². The van der Waals surface area contributed by atoms with Gasteiger partial charge in [0, 0.05) is 17.5 Å². The number of aliphatic hydroxyl groups excluding tert-OH is 1. The summed E-state index contributed by atoms with van der Waals surface area (Å²) in [5.74, 6) is 0. The summed E-state index contributed by atoms with van der Waals surface area (Å²) >= 11 is 1.17. The Morgan fingerprint density at radius 2 is 2.11 bits per heavy atom. The van der Waals surface area contributed by atoms with Crippen molar-refractivity contribution >= 4 is 21.4 Å². The number of nitrogens with two attached hydrogens (primary N) is 1. The fourth-order valence-electron chi connectivity index (χ4n) is 2.12. The number of hydrogen-bond acceptors (Lipinski definition) is 5. The van der Waals surface area contributed by atoms with Gasteiger partial charge in [0.05, 0.1) is 6.10 Å². The maximum atomic E-state index is 12.1. The third-order valence-corrected chi connectivity index (χ3v) is 6.23. The molecule has 2 unspecified atom stereocenters. The van der Waals surface area contributed by atoms with Crippen molar-refractivity contribution in [2.75, 3.05) is 0 Å². The van der Waals surface area contributed by atoms with Crippen molar-refractivity contribution in [3.8, 4) is 0 Å². The SMILES string of the molecule is NCc1ccc(S(=O)(=O)NC2CCCCC2O)s1. The van der Waals surface area contributed by atoms with Crippen molar-refractivity contribution < 1.29 is 13.5 Å². The van der Waals surface area contributed by atoms with Crippen LogP contribution in [0.5, 0.6) is 0 Å². The van der Waals surface area contributed by atoms with Crippen LogP contribution >= 0.6 is 11.3 Å². The molecule has 0 saturated heterocycles. The zero-order chi connectivity index (χ0) is 13.2. The Hall–Kier alpha value is -0.470. The Morgan fingerprint density at radius 1 is 1.39 bits per heavy atom. The van der Waals surface area contributed by atoms with Gasteiger partial charge in [0.25, 0.3) is 0 Å². The zero-order valence-electron chi connectivity index (χ0n) is 10.0. The molecule has 1 aromatic rings. The molecule has 0 spiro atoms. The molecule has 4 N–H and O–H groups in total. The van der Waals surface area contributed by atoms with Crippen molar-refractivity contribution in [3.05, 3.63) is 17.0 Å². The fourth-order valence-corrected chi connectivity index (χ4v) is 4.67. The van der Waals surface area contributed by atoms with Gasteiger partial charge in [-0.15, -0.1) is 11.3 Å². The van der Waals surface area contributed by atoms with Crippen molar-refractivity contribution in [2.24, 2.45) is 5.73 Å².